The zero-order valence-electron chi connectivity index (χ0n) is 11.5. The molecule has 1 amide bonds. The van der Waals surface area contributed by atoms with Crippen LogP contribution in [0.1, 0.15) is 18.4 Å². The lowest BCUT2D eigenvalue weighted by atomic mass is 9.90. The van der Waals surface area contributed by atoms with Crippen molar-refractivity contribution in [2.45, 2.75) is 34.9 Å². The van der Waals surface area contributed by atoms with Crippen molar-refractivity contribution >= 4 is 23.6 Å². The summed E-state index contributed by atoms with van der Waals surface area (Å²) in [7, 11) is 0. The Morgan fingerprint density at radius 1 is 1.29 bits per heavy atom. The number of carboxylic acid groups (broad SMARTS) is 1. The van der Waals surface area contributed by atoms with E-state index in [1.165, 1.54) is 11.8 Å². The van der Waals surface area contributed by atoms with E-state index in [4.69, 9.17) is 4.74 Å². The summed E-state index contributed by atoms with van der Waals surface area (Å²) in [6.45, 7) is 0.731. The van der Waals surface area contributed by atoms with Gasteiger partial charge in [-0.05, 0) is 18.1 Å². The first kappa shape index (κ1) is 14.4. The second-order valence-electron chi connectivity index (χ2n) is 5.41. The maximum atomic E-state index is 12.5. The number of aliphatic carboxylic acids is 1. The Morgan fingerprint density at radius 2 is 2.00 bits per heavy atom. The molecule has 2 aliphatic rings. The topological polar surface area (TPSA) is 75.6 Å². The van der Waals surface area contributed by atoms with Crippen LogP contribution in [0.5, 0.6) is 0 Å². The summed E-state index contributed by atoms with van der Waals surface area (Å²) in [4.78, 5) is 25.1. The van der Waals surface area contributed by atoms with Gasteiger partial charge in [-0.3, -0.25) is 4.79 Å². The predicted molar refractivity (Wildman–Crippen MR) is 78.4 cm³/mol. The summed E-state index contributed by atoms with van der Waals surface area (Å²) in [6.07, 6.45) is 1.29. The fourth-order valence-corrected chi connectivity index (χ4v) is 3.95. The number of hydrogen-bond acceptors (Lipinski definition) is 4. The van der Waals surface area contributed by atoms with Crippen molar-refractivity contribution in [3.8, 4) is 0 Å². The second kappa shape index (κ2) is 5.69. The standard InChI is InChI=1S/C15H17NO4S/c17-13(12-9-10-3-1-2-4-11(10)21-12)16-15(14(18)19)5-7-20-8-6-15/h1-4,12H,5-9H2,(H,16,17)(H,18,19). The van der Waals surface area contributed by atoms with Gasteiger partial charge in [0.1, 0.15) is 5.54 Å². The highest BCUT2D eigenvalue weighted by molar-refractivity contribution is 8.01. The van der Waals surface area contributed by atoms with Crippen LogP contribution >= 0.6 is 11.8 Å². The van der Waals surface area contributed by atoms with E-state index in [0.29, 0.717) is 32.5 Å². The molecule has 21 heavy (non-hydrogen) atoms. The van der Waals surface area contributed by atoms with Crippen molar-refractivity contribution in [2.75, 3.05) is 13.2 Å². The molecule has 1 aromatic carbocycles. The molecule has 1 fully saturated rings. The lowest BCUT2D eigenvalue weighted by molar-refractivity contribution is -0.152. The molecule has 0 aromatic heterocycles. The minimum Gasteiger partial charge on any atom is -0.480 e. The van der Waals surface area contributed by atoms with Crippen LogP contribution in [-0.4, -0.2) is 41.0 Å². The van der Waals surface area contributed by atoms with Crippen LogP contribution < -0.4 is 5.32 Å². The minimum absolute atomic E-state index is 0.194. The summed E-state index contributed by atoms with van der Waals surface area (Å²) >= 11 is 1.51. The number of rotatable bonds is 3. The number of carbonyl (C=O) groups is 2. The quantitative estimate of drug-likeness (QED) is 0.884. The molecule has 2 aliphatic heterocycles. The highest BCUT2D eigenvalue weighted by Crippen LogP contribution is 2.37. The lowest BCUT2D eigenvalue weighted by Gasteiger charge is -2.34. The van der Waals surface area contributed by atoms with E-state index in [-0.39, 0.29) is 11.2 Å². The SMILES string of the molecule is O=C(NC1(C(=O)O)CCOCC1)C1Cc2ccccc2S1. The molecule has 3 rings (SSSR count). The Morgan fingerprint density at radius 3 is 2.67 bits per heavy atom. The van der Waals surface area contributed by atoms with Gasteiger partial charge in [0.2, 0.25) is 5.91 Å². The molecular formula is C15H17NO4S. The summed E-state index contributed by atoms with van der Waals surface area (Å²) < 4.78 is 5.21. The van der Waals surface area contributed by atoms with E-state index < -0.39 is 11.5 Å². The molecular weight excluding hydrogens is 290 g/mol. The molecule has 2 N–H and O–H groups in total. The maximum absolute atomic E-state index is 12.5. The van der Waals surface area contributed by atoms with Gasteiger partial charge in [-0.15, -0.1) is 11.8 Å². The van der Waals surface area contributed by atoms with Crippen LogP contribution in [0.2, 0.25) is 0 Å². The summed E-state index contributed by atoms with van der Waals surface area (Å²) in [5, 5.41) is 12.0. The molecule has 2 heterocycles. The molecule has 6 heteroatoms. The first-order chi connectivity index (χ1) is 10.1. The Hall–Kier alpha value is -1.53. The van der Waals surface area contributed by atoms with Gasteiger partial charge >= 0.3 is 5.97 Å². The number of thioether (sulfide) groups is 1. The average molecular weight is 307 g/mol. The van der Waals surface area contributed by atoms with Crippen LogP contribution in [0.3, 0.4) is 0 Å². The number of amides is 1. The smallest absolute Gasteiger partial charge is 0.329 e. The van der Waals surface area contributed by atoms with Gasteiger partial charge in [-0.2, -0.15) is 0 Å². The van der Waals surface area contributed by atoms with Gasteiger partial charge < -0.3 is 15.2 Å². The molecule has 1 aromatic rings. The maximum Gasteiger partial charge on any atom is 0.329 e. The molecule has 0 aliphatic carbocycles. The molecule has 112 valence electrons. The summed E-state index contributed by atoms with van der Waals surface area (Å²) in [5.41, 5.74) is -0.0241. The van der Waals surface area contributed by atoms with Gasteiger partial charge in [0, 0.05) is 31.0 Å². The number of ether oxygens (including phenoxy) is 1. The number of carbonyl (C=O) groups excluding carboxylic acids is 1. The second-order valence-corrected chi connectivity index (χ2v) is 6.65. The van der Waals surface area contributed by atoms with Crippen LogP contribution in [0, 0.1) is 0 Å². The van der Waals surface area contributed by atoms with Gasteiger partial charge in [0.15, 0.2) is 0 Å². The Kier molecular flexibility index (Phi) is 3.91. The zero-order valence-corrected chi connectivity index (χ0v) is 12.3. The van der Waals surface area contributed by atoms with E-state index in [2.05, 4.69) is 5.32 Å². The molecule has 1 saturated heterocycles. The third-order valence-electron chi connectivity index (χ3n) is 4.06. The third kappa shape index (κ3) is 2.78. The van der Waals surface area contributed by atoms with E-state index in [9.17, 15) is 14.7 Å². The monoisotopic (exact) mass is 307 g/mol. The van der Waals surface area contributed by atoms with E-state index in [1.54, 1.807) is 0 Å². The molecule has 0 bridgehead atoms. The largest absolute Gasteiger partial charge is 0.480 e. The minimum atomic E-state index is -1.18. The van der Waals surface area contributed by atoms with Crippen LogP contribution in [0.15, 0.2) is 29.2 Å². The number of nitrogens with one attached hydrogen (secondary N) is 1. The molecule has 0 saturated carbocycles. The highest BCUT2D eigenvalue weighted by atomic mass is 32.2. The van der Waals surface area contributed by atoms with Gasteiger partial charge in [0.25, 0.3) is 0 Å². The Labute approximate surface area is 127 Å². The van der Waals surface area contributed by atoms with Crippen molar-refractivity contribution in [1.29, 1.82) is 0 Å². The Bertz CT molecular complexity index is 544. The fourth-order valence-electron chi connectivity index (χ4n) is 2.76. The van der Waals surface area contributed by atoms with Crippen molar-refractivity contribution < 1.29 is 19.4 Å². The Balaban J connectivity index is 1.70. The number of benzene rings is 1. The molecule has 1 unspecified atom stereocenters. The zero-order chi connectivity index (χ0) is 14.9. The van der Waals surface area contributed by atoms with Crippen molar-refractivity contribution in [1.82, 2.24) is 5.32 Å². The van der Waals surface area contributed by atoms with Crippen LogP contribution in [0.25, 0.3) is 0 Å². The predicted octanol–water partition coefficient (Wildman–Crippen LogP) is 1.45. The molecule has 0 radical (unpaired) electrons. The van der Waals surface area contributed by atoms with Crippen LogP contribution in [0.4, 0.5) is 0 Å². The van der Waals surface area contributed by atoms with E-state index >= 15 is 0 Å². The van der Waals surface area contributed by atoms with Gasteiger partial charge in [-0.1, -0.05) is 18.2 Å². The molecule has 0 spiro atoms. The molecule has 5 nitrogen and oxygen atoms in total. The molecule has 1 atom stereocenters. The normalized spacial score (nSPS) is 23.3. The fraction of sp³-hybridized carbons (Fsp3) is 0.467. The summed E-state index contributed by atoms with van der Waals surface area (Å²) in [6, 6.07) is 7.91. The highest BCUT2D eigenvalue weighted by Gasteiger charge is 2.43. The first-order valence-corrected chi connectivity index (χ1v) is 7.86. The van der Waals surface area contributed by atoms with E-state index in [1.807, 2.05) is 24.3 Å². The lowest BCUT2D eigenvalue weighted by Crippen LogP contribution is -2.59. The van der Waals surface area contributed by atoms with Crippen molar-refractivity contribution in [3.05, 3.63) is 29.8 Å². The van der Waals surface area contributed by atoms with Gasteiger partial charge in [0.05, 0.1) is 5.25 Å². The van der Waals surface area contributed by atoms with Crippen LogP contribution in [-0.2, 0) is 20.7 Å². The third-order valence-corrected chi connectivity index (χ3v) is 5.38. The van der Waals surface area contributed by atoms with E-state index in [0.717, 1.165) is 10.5 Å². The number of carboxylic acids is 1. The van der Waals surface area contributed by atoms with Crippen molar-refractivity contribution in [3.63, 3.8) is 0 Å². The average Bonchev–Trinajstić information content (AvgIpc) is 2.92. The van der Waals surface area contributed by atoms with Crippen molar-refractivity contribution in [2.24, 2.45) is 0 Å². The number of fused-ring (bicyclic) bond motifs is 1. The summed E-state index contributed by atoms with van der Waals surface area (Å²) in [5.74, 6) is -1.17. The number of hydrogen-bond donors (Lipinski definition) is 2. The van der Waals surface area contributed by atoms with Gasteiger partial charge in [-0.25, -0.2) is 4.79 Å². The first-order valence-electron chi connectivity index (χ1n) is 6.98.